The van der Waals surface area contributed by atoms with Gasteiger partial charge in [-0.1, -0.05) is 32.0 Å². The van der Waals surface area contributed by atoms with Gasteiger partial charge in [-0.25, -0.2) is 0 Å². The van der Waals surface area contributed by atoms with E-state index >= 15 is 0 Å². The average Bonchev–Trinajstić information content (AvgIpc) is 3.11. The second-order valence-electron chi connectivity index (χ2n) is 8.94. The Labute approximate surface area is 181 Å². The molecule has 2 heteroatoms. The van der Waals surface area contributed by atoms with Crippen LogP contribution in [0.1, 0.15) is 49.3 Å². The Kier molecular flexibility index (Phi) is 4.17. The molecule has 148 valence electrons. The summed E-state index contributed by atoms with van der Waals surface area (Å²) in [6, 6.07) is 20.7. The number of thiophene rings is 1. The van der Waals surface area contributed by atoms with Crippen LogP contribution in [0, 0.1) is 0 Å². The van der Waals surface area contributed by atoms with Crippen molar-refractivity contribution in [2.75, 3.05) is 0 Å². The fourth-order valence-corrected chi connectivity index (χ4v) is 6.13. The van der Waals surface area contributed by atoms with Crippen molar-refractivity contribution in [3.8, 4) is 11.3 Å². The number of hydrogen-bond donors (Lipinski definition) is 0. The Balaban J connectivity index is 1.62. The van der Waals surface area contributed by atoms with Gasteiger partial charge in [0, 0.05) is 37.3 Å². The first-order valence-electron chi connectivity index (χ1n) is 11.0. The molecule has 0 amide bonds. The van der Waals surface area contributed by atoms with Crippen molar-refractivity contribution in [1.29, 1.82) is 0 Å². The molecular formula is C28H25NS. The molecule has 2 aromatic heterocycles. The average molecular weight is 408 g/mol. The van der Waals surface area contributed by atoms with Gasteiger partial charge < -0.3 is 0 Å². The van der Waals surface area contributed by atoms with Gasteiger partial charge in [0.25, 0.3) is 0 Å². The van der Waals surface area contributed by atoms with Crippen molar-refractivity contribution < 1.29 is 0 Å². The standard InChI is InChI=1S/C28H25NS/c1-17(2)18-8-5-9-22(12-18)28-23-16-25-24-13-19-6-3-4-7-20(19)14-26(24)30-27(25)15-21(23)10-11-29-28/h5,8-17H,3-4,6-7H2,1-2H3. The number of rotatable bonds is 2. The predicted octanol–water partition coefficient (Wildman–Crippen LogP) is 8.27. The zero-order valence-electron chi connectivity index (χ0n) is 17.5. The van der Waals surface area contributed by atoms with Crippen molar-refractivity contribution in [2.24, 2.45) is 0 Å². The van der Waals surface area contributed by atoms with Crippen LogP contribution < -0.4 is 0 Å². The Morgan fingerprint density at radius 1 is 0.800 bits per heavy atom. The minimum atomic E-state index is 0.513. The van der Waals surface area contributed by atoms with Crippen LogP contribution in [0.25, 0.3) is 42.2 Å². The third-order valence-corrected chi connectivity index (χ3v) is 7.76. The second kappa shape index (κ2) is 6.92. The predicted molar refractivity (Wildman–Crippen MR) is 131 cm³/mol. The Bertz CT molecular complexity index is 1420. The van der Waals surface area contributed by atoms with Crippen LogP contribution in [-0.4, -0.2) is 4.98 Å². The topological polar surface area (TPSA) is 12.9 Å². The molecule has 0 bridgehead atoms. The molecule has 0 fully saturated rings. The quantitative estimate of drug-likeness (QED) is 0.287. The summed E-state index contributed by atoms with van der Waals surface area (Å²) in [5.74, 6) is 0.513. The van der Waals surface area contributed by atoms with E-state index in [-0.39, 0.29) is 0 Å². The molecule has 2 heterocycles. The lowest BCUT2D eigenvalue weighted by atomic mass is 9.90. The highest BCUT2D eigenvalue weighted by Crippen LogP contribution is 2.40. The molecule has 1 aliphatic rings. The van der Waals surface area contributed by atoms with Crippen LogP contribution in [0.3, 0.4) is 0 Å². The molecule has 0 saturated carbocycles. The van der Waals surface area contributed by atoms with Crippen molar-refractivity contribution >= 4 is 42.3 Å². The van der Waals surface area contributed by atoms with E-state index in [1.807, 2.05) is 17.5 Å². The van der Waals surface area contributed by atoms with Gasteiger partial charge in [-0.2, -0.15) is 0 Å². The van der Waals surface area contributed by atoms with E-state index in [1.54, 1.807) is 11.1 Å². The third-order valence-electron chi connectivity index (χ3n) is 6.65. The maximum atomic E-state index is 4.82. The van der Waals surface area contributed by atoms with E-state index in [0.29, 0.717) is 5.92 Å². The van der Waals surface area contributed by atoms with Gasteiger partial charge in [0.05, 0.1) is 5.69 Å². The zero-order chi connectivity index (χ0) is 20.2. The van der Waals surface area contributed by atoms with E-state index in [9.17, 15) is 0 Å². The smallest absolute Gasteiger partial charge is 0.0780 e. The highest BCUT2D eigenvalue weighted by Gasteiger charge is 2.15. The van der Waals surface area contributed by atoms with Gasteiger partial charge in [0.15, 0.2) is 0 Å². The molecule has 0 N–H and O–H groups in total. The first kappa shape index (κ1) is 18.1. The molecule has 0 saturated heterocycles. The molecule has 0 spiro atoms. The lowest BCUT2D eigenvalue weighted by Crippen LogP contribution is -2.01. The van der Waals surface area contributed by atoms with Crippen LogP contribution in [0.5, 0.6) is 0 Å². The first-order chi connectivity index (χ1) is 14.7. The molecule has 1 aliphatic carbocycles. The summed E-state index contributed by atoms with van der Waals surface area (Å²) in [4.78, 5) is 4.82. The van der Waals surface area contributed by atoms with Crippen molar-refractivity contribution in [3.63, 3.8) is 0 Å². The summed E-state index contributed by atoms with van der Waals surface area (Å²) in [5, 5.41) is 5.33. The molecule has 3 aromatic carbocycles. The summed E-state index contributed by atoms with van der Waals surface area (Å²) in [5.41, 5.74) is 6.79. The summed E-state index contributed by atoms with van der Waals surface area (Å²) < 4.78 is 2.81. The van der Waals surface area contributed by atoms with Gasteiger partial charge in [0.1, 0.15) is 0 Å². The minimum absolute atomic E-state index is 0.513. The molecule has 30 heavy (non-hydrogen) atoms. The highest BCUT2D eigenvalue weighted by atomic mass is 32.1. The molecule has 0 radical (unpaired) electrons. The monoisotopic (exact) mass is 407 g/mol. The van der Waals surface area contributed by atoms with Crippen molar-refractivity contribution in [3.05, 3.63) is 77.5 Å². The van der Waals surface area contributed by atoms with Crippen molar-refractivity contribution in [1.82, 2.24) is 4.98 Å². The number of fused-ring (bicyclic) bond motifs is 5. The van der Waals surface area contributed by atoms with Gasteiger partial charge in [-0.05, 0) is 90.1 Å². The van der Waals surface area contributed by atoms with E-state index in [4.69, 9.17) is 4.98 Å². The maximum Gasteiger partial charge on any atom is 0.0780 e. The summed E-state index contributed by atoms with van der Waals surface area (Å²) in [6.45, 7) is 4.49. The molecule has 0 aliphatic heterocycles. The zero-order valence-corrected chi connectivity index (χ0v) is 18.4. The normalized spacial score (nSPS) is 14.1. The third kappa shape index (κ3) is 2.86. The minimum Gasteiger partial charge on any atom is -0.256 e. The lowest BCUT2D eigenvalue weighted by molar-refractivity contribution is 0.687. The first-order valence-corrected chi connectivity index (χ1v) is 11.9. The number of hydrogen-bond acceptors (Lipinski definition) is 2. The number of nitrogens with zero attached hydrogens (tertiary/aromatic N) is 1. The molecule has 5 aromatic rings. The Hall–Kier alpha value is -2.71. The number of pyridine rings is 1. The summed E-state index contributed by atoms with van der Waals surface area (Å²) in [7, 11) is 0. The van der Waals surface area contributed by atoms with Crippen LogP contribution in [-0.2, 0) is 12.8 Å². The fourth-order valence-electron chi connectivity index (χ4n) is 4.95. The second-order valence-corrected chi connectivity index (χ2v) is 10.0. The Morgan fingerprint density at radius 3 is 2.40 bits per heavy atom. The van der Waals surface area contributed by atoms with Crippen LogP contribution in [0.15, 0.2) is 60.8 Å². The molecular weight excluding hydrogens is 382 g/mol. The van der Waals surface area contributed by atoms with Crippen LogP contribution in [0.4, 0.5) is 0 Å². The van der Waals surface area contributed by atoms with E-state index in [0.717, 1.165) is 5.69 Å². The van der Waals surface area contributed by atoms with Gasteiger partial charge in [-0.3, -0.25) is 4.98 Å². The fraction of sp³-hybridized carbons (Fsp3) is 0.250. The maximum absolute atomic E-state index is 4.82. The number of benzene rings is 3. The number of aromatic nitrogens is 1. The van der Waals surface area contributed by atoms with Gasteiger partial charge in [0.2, 0.25) is 0 Å². The van der Waals surface area contributed by atoms with Crippen LogP contribution in [0.2, 0.25) is 0 Å². The SMILES string of the molecule is CC(C)c1cccc(-c2nccc3cc4sc5cc6c(cc5c4cc23)CCCC6)c1. The van der Waals surface area contributed by atoms with E-state index in [2.05, 4.69) is 68.4 Å². The highest BCUT2D eigenvalue weighted by molar-refractivity contribution is 7.25. The van der Waals surface area contributed by atoms with Gasteiger partial charge >= 0.3 is 0 Å². The summed E-state index contributed by atoms with van der Waals surface area (Å²) >= 11 is 1.94. The lowest BCUT2D eigenvalue weighted by Gasteiger charge is -2.15. The number of aryl methyl sites for hydroxylation is 2. The van der Waals surface area contributed by atoms with Gasteiger partial charge in [-0.15, -0.1) is 11.3 Å². The van der Waals surface area contributed by atoms with E-state index in [1.165, 1.54) is 67.8 Å². The van der Waals surface area contributed by atoms with E-state index < -0.39 is 0 Å². The summed E-state index contributed by atoms with van der Waals surface area (Å²) in [6.07, 6.45) is 7.08. The Morgan fingerprint density at radius 2 is 1.57 bits per heavy atom. The molecule has 0 unspecified atom stereocenters. The molecule has 6 rings (SSSR count). The largest absolute Gasteiger partial charge is 0.256 e. The van der Waals surface area contributed by atoms with Crippen molar-refractivity contribution in [2.45, 2.75) is 45.4 Å². The molecule has 1 nitrogen and oxygen atoms in total. The molecule has 0 atom stereocenters. The van der Waals surface area contributed by atoms with Crippen LogP contribution >= 0.6 is 11.3 Å².